The molecule has 0 unspecified atom stereocenters. The van der Waals surface area contributed by atoms with Gasteiger partial charge in [-0.05, 0) is 36.6 Å². The zero-order valence-electron chi connectivity index (χ0n) is 10.1. The Morgan fingerprint density at radius 2 is 1.47 bits per heavy atom. The monoisotopic (exact) mass is 227 g/mol. The van der Waals surface area contributed by atoms with Crippen molar-refractivity contribution in [2.75, 3.05) is 17.2 Å². The Morgan fingerprint density at radius 3 is 2.12 bits per heavy atom. The van der Waals surface area contributed by atoms with Crippen LogP contribution < -0.4 is 17.2 Å². The lowest BCUT2D eigenvalue weighted by atomic mass is 9.94. The number of aryl methyl sites for hydroxylation is 2. The summed E-state index contributed by atoms with van der Waals surface area (Å²) in [6.45, 7) is 4.05. The van der Waals surface area contributed by atoms with Crippen LogP contribution in [0, 0.1) is 13.8 Å². The van der Waals surface area contributed by atoms with Gasteiger partial charge in [-0.15, -0.1) is 0 Å². The number of benzene rings is 2. The number of hydrogen-bond acceptors (Lipinski definition) is 3. The SMILES string of the molecule is Cc1ccccc1-c1c(C)cc(N)c(N)c1N. The Bertz CT molecular complexity index is 574. The first-order chi connectivity index (χ1) is 8.02. The summed E-state index contributed by atoms with van der Waals surface area (Å²) in [5.74, 6) is 0. The van der Waals surface area contributed by atoms with Crippen LogP contribution in [0.2, 0.25) is 0 Å². The Kier molecular flexibility index (Phi) is 2.68. The van der Waals surface area contributed by atoms with Crippen LogP contribution in [0.25, 0.3) is 11.1 Å². The molecule has 3 nitrogen and oxygen atoms in total. The summed E-state index contributed by atoms with van der Waals surface area (Å²) < 4.78 is 0. The quantitative estimate of drug-likeness (QED) is 0.655. The molecule has 0 fully saturated rings. The maximum atomic E-state index is 6.08. The van der Waals surface area contributed by atoms with Crippen molar-refractivity contribution < 1.29 is 0 Å². The van der Waals surface area contributed by atoms with Crippen LogP contribution in [0.15, 0.2) is 30.3 Å². The van der Waals surface area contributed by atoms with E-state index in [9.17, 15) is 0 Å². The van der Waals surface area contributed by atoms with E-state index in [2.05, 4.69) is 13.0 Å². The lowest BCUT2D eigenvalue weighted by Crippen LogP contribution is -2.04. The fourth-order valence-corrected chi connectivity index (χ4v) is 2.10. The van der Waals surface area contributed by atoms with Gasteiger partial charge >= 0.3 is 0 Å². The molecule has 0 amide bonds. The average molecular weight is 227 g/mol. The first-order valence-corrected chi connectivity index (χ1v) is 5.52. The van der Waals surface area contributed by atoms with Gasteiger partial charge in [0.05, 0.1) is 17.1 Å². The smallest absolute Gasteiger partial charge is 0.0787 e. The summed E-state index contributed by atoms with van der Waals surface area (Å²) in [5, 5.41) is 0. The van der Waals surface area contributed by atoms with E-state index in [4.69, 9.17) is 17.2 Å². The van der Waals surface area contributed by atoms with Gasteiger partial charge in [0, 0.05) is 5.56 Å². The second-order valence-corrected chi connectivity index (χ2v) is 4.30. The highest BCUT2D eigenvalue weighted by Gasteiger charge is 2.13. The van der Waals surface area contributed by atoms with Gasteiger partial charge in [0.1, 0.15) is 0 Å². The van der Waals surface area contributed by atoms with Crippen molar-refractivity contribution in [3.05, 3.63) is 41.5 Å². The predicted octanol–water partition coefficient (Wildman–Crippen LogP) is 2.72. The minimum Gasteiger partial charge on any atom is -0.397 e. The summed E-state index contributed by atoms with van der Waals surface area (Å²) in [6, 6.07) is 9.97. The second kappa shape index (κ2) is 4.01. The summed E-state index contributed by atoms with van der Waals surface area (Å²) >= 11 is 0. The lowest BCUT2D eigenvalue weighted by Gasteiger charge is -2.15. The molecule has 88 valence electrons. The molecule has 17 heavy (non-hydrogen) atoms. The fraction of sp³-hybridized carbons (Fsp3) is 0.143. The zero-order valence-corrected chi connectivity index (χ0v) is 10.1. The molecule has 0 spiro atoms. The van der Waals surface area contributed by atoms with Crippen LogP contribution in [0.4, 0.5) is 17.1 Å². The molecule has 0 aliphatic heterocycles. The first kappa shape index (κ1) is 11.3. The third-order valence-corrected chi connectivity index (χ3v) is 3.05. The summed E-state index contributed by atoms with van der Waals surface area (Å²) in [7, 11) is 0. The summed E-state index contributed by atoms with van der Waals surface area (Å²) in [6.07, 6.45) is 0. The largest absolute Gasteiger partial charge is 0.397 e. The molecule has 0 aliphatic rings. The van der Waals surface area contributed by atoms with Gasteiger partial charge in [-0.3, -0.25) is 0 Å². The van der Waals surface area contributed by atoms with Gasteiger partial charge in [0.2, 0.25) is 0 Å². The van der Waals surface area contributed by atoms with Crippen LogP contribution in [0.3, 0.4) is 0 Å². The van der Waals surface area contributed by atoms with Gasteiger partial charge in [-0.1, -0.05) is 24.3 Å². The standard InChI is InChI=1S/C14H17N3/c1-8-5-3-4-6-10(8)12-9(2)7-11(15)13(16)14(12)17/h3-7H,15-17H2,1-2H3. The van der Waals surface area contributed by atoms with E-state index < -0.39 is 0 Å². The van der Waals surface area contributed by atoms with Gasteiger partial charge in [0.25, 0.3) is 0 Å². The minimum absolute atomic E-state index is 0.467. The molecular weight excluding hydrogens is 210 g/mol. The van der Waals surface area contributed by atoms with Gasteiger partial charge in [-0.2, -0.15) is 0 Å². The van der Waals surface area contributed by atoms with Crippen molar-refractivity contribution in [1.82, 2.24) is 0 Å². The molecule has 2 aromatic carbocycles. The molecule has 0 saturated carbocycles. The third-order valence-electron chi connectivity index (χ3n) is 3.05. The normalized spacial score (nSPS) is 10.5. The van der Waals surface area contributed by atoms with Gasteiger partial charge in [0.15, 0.2) is 0 Å². The summed E-state index contributed by atoms with van der Waals surface area (Å²) in [5.41, 5.74) is 23.6. The van der Waals surface area contributed by atoms with Crippen molar-refractivity contribution in [2.24, 2.45) is 0 Å². The molecule has 0 atom stereocenters. The van der Waals surface area contributed by atoms with E-state index in [-0.39, 0.29) is 0 Å². The number of hydrogen-bond donors (Lipinski definition) is 3. The van der Waals surface area contributed by atoms with Crippen LogP contribution in [-0.4, -0.2) is 0 Å². The van der Waals surface area contributed by atoms with E-state index in [1.807, 2.05) is 31.2 Å². The van der Waals surface area contributed by atoms with Crippen molar-refractivity contribution in [2.45, 2.75) is 13.8 Å². The van der Waals surface area contributed by atoms with Gasteiger partial charge in [-0.25, -0.2) is 0 Å². The zero-order chi connectivity index (χ0) is 12.6. The number of rotatable bonds is 1. The highest BCUT2D eigenvalue weighted by Crippen LogP contribution is 2.38. The molecule has 0 radical (unpaired) electrons. The highest BCUT2D eigenvalue weighted by molar-refractivity contribution is 5.93. The predicted molar refractivity (Wildman–Crippen MR) is 74.6 cm³/mol. The second-order valence-electron chi connectivity index (χ2n) is 4.30. The average Bonchev–Trinajstić information content (AvgIpc) is 2.29. The highest BCUT2D eigenvalue weighted by atomic mass is 14.7. The van der Waals surface area contributed by atoms with E-state index in [1.54, 1.807) is 0 Å². The van der Waals surface area contributed by atoms with Gasteiger partial charge < -0.3 is 17.2 Å². The minimum atomic E-state index is 0.467. The third kappa shape index (κ3) is 1.80. The van der Waals surface area contributed by atoms with E-state index in [0.717, 1.165) is 16.7 Å². The van der Waals surface area contributed by atoms with Crippen LogP contribution in [-0.2, 0) is 0 Å². The maximum absolute atomic E-state index is 6.08. The van der Waals surface area contributed by atoms with Crippen LogP contribution in [0.5, 0.6) is 0 Å². The Hall–Kier alpha value is -2.16. The van der Waals surface area contributed by atoms with E-state index in [0.29, 0.717) is 17.1 Å². The number of nitrogens with two attached hydrogens (primary N) is 3. The van der Waals surface area contributed by atoms with Crippen molar-refractivity contribution in [3.8, 4) is 11.1 Å². The molecule has 3 heteroatoms. The van der Waals surface area contributed by atoms with Crippen molar-refractivity contribution in [1.29, 1.82) is 0 Å². The van der Waals surface area contributed by atoms with Crippen LogP contribution in [0.1, 0.15) is 11.1 Å². The molecule has 0 aliphatic carbocycles. The van der Waals surface area contributed by atoms with Crippen molar-refractivity contribution >= 4 is 17.1 Å². The Labute approximate surface area is 101 Å². The molecule has 2 aromatic rings. The molecule has 0 bridgehead atoms. The molecule has 0 saturated heterocycles. The fourth-order valence-electron chi connectivity index (χ4n) is 2.10. The molecular formula is C14H17N3. The Morgan fingerprint density at radius 1 is 0.824 bits per heavy atom. The lowest BCUT2D eigenvalue weighted by molar-refractivity contribution is 1.41. The van der Waals surface area contributed by atoms with Crippen molar-refractivity contribution in [3.63, 3.8) is 0 Å². The Balaban J connectivity index is 2.77. The number of nitrogen functional groups attached to an aromatic ring is 3. The first-order valence-electron chi connectivity index (χ1n) is 5.52. The summed E-state index contributed by atoms with van der Waals surface area (Å²) in [4.78, 5) is 0. The molecule has 6 N–H and O–H groups in total. The van der Waals surface area contributed by atoms with Crippen LogP contribution >= 0.6 is 0 Å². The molecule has 0 heterocycles. The van der Waals surface area contributed by atoms with E-state index >= 15 is 0 Å². The maximum Gasteiger partial charge on any atom is 0.0787 e. The molecule has 0 aromatic heterocycles. The topological polar surface area (TPSA) is 78.1 Å². The molecule has 2 rings (SSSR count). The number of anilines is 3. The van der Waals surface area contributed by atoms with E-state index in [1.165, 1.54) is 5.56 Å².